The standard InChI is InChI=1S/C23H23FN4O4/c1-12-20-16(23(32)28(12)18-4-5-19(30)26-22(18)31)3-2-15(21(20)24)17-8-13(6-7-25-17)9-27-10-14(29)11-27/h2-3,6-8,12,14,18,29H,4-5,9-11H2,1H3,(H,26,30,31)/t12-,18+/m1/s1. The van der Waals surface area contributed by atoms with Gasteiger partial charge in [0.05, 0.1) is 17.8 Å². The minimum absolute atomic E-state index is 0.141. The Balaban J connectivity index is 1.45. The number of halogens is 1. The zero-order chi connectivity index (χ0) is 22.6. The molecule has 5 rings (SSSR count). The van der Waals surface area contributed by atoms with Gasteiger partial charge in [0.1, 0.15) is 11.9 Å². The van der Waals surface area contributed by atoms with E-state index in [1.165, 1.54) is 4.90 Å². The Morgan fingerprint density at radius 2 is 1.94 bits per heavy atom. The summed E-state index contributed by atoms with van der Waals surface area (Å²) < 4.78 is 15.7. The number of aromatic nitrogens is 1. The minimum atomic E-state index is -0.807. The van der Waals surface area contributed by atoms with Gasteiger partial charge in [-0.3, -0.25) is 29.6 Å². The summed E-state index contributed by atoms with van der Waals surface area (Å²) in [6.07, 6.45) is 1.69. The number of imide groups is 1. The SMILES string of the molecule is C[C@@H]1c2c(ccc(-c3cc(CN4CC(O)C4)ccn3)c2F)C(=O)N1[C@H]1CCC(=O)NC1=O. The van der Waals surface area contributed by atoms with Gasteiger partial charge in [0.25, 0.3) is 5.91 Å². The summed E-state index contributed by atoms with van der Waals surface area (Å²) in [5.74, 6) is -1.83. The van der Waals surface area contributed by atoms with Crippen LogP contribution in [0.4, 0.5) is 4.39 Å². The van der Waals surface area contributed by atoms with Gasteiger partial charge in [0.15, 0.2) is 0 Å². The molecule has 2 saturated heterocycles. The Kier molecular flexibility index (Phi) is 5.02. The van der Waals surface area contributed by atoms with Crippen LogP contribution >= 0.6 is 0 Å². The summed E-state index contributed by atoms with van der Waals surface area (Å²) in [6.45, 7) is 3.55. The van der Waals surface area contributed by atoms with Crippen molar-refractivity contribution in [3.63, 3.8) is 0 Å². The van der Waals surface area contributed by atoms with Crippen molar-refractivity contribution in [2.45, 2.75) is 44.5 Å². The van der Waals surface area contributed by atoms with Crippen molar-refractivity contribution in [1.29, 1.82) is 0 Å². The van der Waals surface area contributed by atoms with Crippen molar-refractivity contribution in [2.24, 2.45) is 0 Å². The monoisotopic (exact) mass is 438 g/mol. The highest BCUT2D eigenvalue weighted by Gasteiger charge is 2.44. The quantitative estimate of drug-likeness (QED) is 0.700. The number of hydrogen-bond donors (Lipinski definition) is 2. The van der Waals surface area contributed by atoms with Crippen LogP contribution in [0.15, 0.2) is 30.5 Å². The molecule has 0 aliphatic carbocycles. The number of benzene rings is 1. The van der Waals surface area contributed by atoms with E-state index in [4.69, 9.17) is 0 Å². The van der Waals surface area contributed by atoms with Gasteiger partial charge in [-0.1, -0.05) is 0 Å². The molecule has 0 bridgehead atoms. The number of aliphatic hydroxyl groups excluding tert-OH is 1. The summed E-state index contributed by atoms with van der Waals surface area (Å²) in [5.41, 5.74) is 2.18. The summed E-state index contributed by atoms with van der Waals surface area (Å²) in [7, 11) is 0. The Labute approximate surface area is 184 Å². The first-order chi connectivity index (χ1) is 15.3. The average molecular weight is 438 g/mol. The van der Waals surface area contributed by atoms with E-state index in [1.807, 2.05) is 12.1 Å². The summed E-state index contributed by atoms with van der Waals surface area (Å²) in [4.78, 5) is 44.6. The number of pyridine rings is 1. The number of rotatable bonds is 4. The van der Waals surface area contributed by atoms with Gasteiger partial charge in [0.2, 0.25) is 11.8 Å². The number of aliphatic hydroxyl groups is 1. The van der Waals surface area contributed by atoms with Gasteiger partial charge in [0, 0.05) is 48.9 Å². The van der Waals surface area contributed by atoms with Crippen LogP contribution in [0.1, 0.15) is 47.3 Å². The van der Waals surface area contributed by atoms with E-state index in [2.05, 4.69) is 15.2 Å². The number of carbonyl (C=O) groups excluding carboxylic acids is 3. The first kappa shape index (κ1) is 20.7. The molecule has 1 aromatic carbocycles. The second-order valence-electron chi connectivity index (χ2n) is 8.64. The highest BCUT2D eigenvalue weighted by atomic mass is 19.1. The third kappa shape index (κ3) is 3.37. The van der Waals surface area contributed by atoms with Crippen molar-refractivity contribution in [3.8, 4) is 11.3 Å². The molecule has 9 heteroatoms. The van der Waals surface area contributed by atoms with Crippen molar-refractivity contribution in [3.05, 3.63) is 53.0 Å². The lowest BCUT2D eigenvalue weighted by atomic mass is 9.98. The first-order valence-electron chi connectivity index (χ1n) is 10.7. The Bertz CT molecular complexity index is 1130. The van der Waals surface area contributed by atoms with Crippen molar-refractivity contribution in [1.82, 2.24) is 20.1 Å². The largest absolute Gasteiger partial charge is 0.390 e. The Morgan fingerprint density at radius 3 is 2.66 bits per heavy atom. The number of fused-ring (bicyclic) bond motifs is 1. The van der Waals surface area contributed by atoms with Crippen molar-refractivity contribution in [2.75, 3.05) is 13.1 Å². The molecule has 3 aliphatic rings. The number of nitrogens with zero attached hydrogens (tertiary/aromatic N) is 3. The molecule has 0 saturated carbocycles. The van der Waals surface area contributed by atoms with E-state index < -0.39 is 29.7 Å². The topological polar surface area (TPSA) is 103 Å². The van der Waals surface area contributed by atoms with Crippen LogP contribution in [0.25, 0.3) is 11.3 Å². The molecule has 0 spiro atoms. The predicted octanol–water partition coefficient (Wildman–Crippen LogP) is 1.39. The van der Waals surface area contributed by atoms with Gasteiger partial charge < -0.3 is 10.0 Å². The lowest BCUT2D eigenvalue weighted by Crippen LogP contribution is -2.53. The van der Waals surface area contributed by atoms with E-state index in [1.54, 1.807) is 25.3 Å². The summed E-state index contributed by atoms with van der Waals surface area (Å²) in [5, 5.41) is 11.7. The number of likely N-dealkylation sites (tertiary alicyclic amines) is 1. The molecule has 0 unspecified atom stereocenters. The maximum absolute atomic E-state index is 15.7. The molecule has 2 fully saturated rings. The van der Waals surface area contributed by atoms with Gasteiger partial charge >= 0.3 is 0 Å². The zero-order valence-corrected chi connectivity index (χ0v) is 17.5. The van der Waals surface area contributed by atoms with Crippen LogP contribution in [-0.4, -0.2) is 62.8 Å². The fourth-order valence-corrected chi connectivity index (χ4v) is 4.85. The molecule has 0 radical (unpaired) electrons. The second-order valence-corrected chi connectivity index (χ2v) is 8.64. The van der Waals surface area contributed by atoms with E-state index in [0.717, 1.165) is 5.56 Å². The molecule has 4 heterocycles. The first-order valence-corrected chi connectivity index (χ1v) is 10.7. The summed E-state index contributed by atoms with van der Waals surface area (Å²) >= 11 is 0. The fraction of sp³-hybridized carbons (Fsp3) is 0.391. The van der Waals surface area contributed by atoms with Crippen LogP contribution < -0.4 is 5.32 Å². The predicted molar refractivity (Wildman–Crippen MR) is 112 cm³/mol. The lowest BCUT2D eigenvalue weighted by molar-refractivity contribution is -0.137. The third-order valence-electron chi connectivity index (χ3n) is 6.47. The number of piperidine rings is 1. The van der Waals surface area contributed by atoms with Crippen LogP contribution in [0.2, 0.25) is 0 Å². The Hall–Kier alpha value is -3.17. The number of hydrogen-bond acceptors (Lipinski definition) is 6. The van der Waals surface area contributed by atoms with Gasteiger partial charge in [-0.2, -0.15) is 0 Å². The smallest absolute Gasteiger partial charge is 0.255 e. The molecule has 2 aromatic rings. The van der Waals surface area contributed by atoms with Crippen LogP contribution in [0.5, 0.6) is 0 Å². The number of amides is 3. The Morgan fingerprint density at radius 1 is 1.19 bits per heavy atom. The van der Waals surface area contributed by atoms with Crippen LogP contribution in [0, 0.1) is 5.82 Å². The minimum Gasteiger partial charge on any atom is -0.390 e. The molecule has 3 aliphatic heterocycles. The highest BCUT2D eigenvalue weighted by Crippen LogP contribution is 2.40. The summed E-state index contributed by atoms with van der Waals surface area (Å²) in [6, 6.07) is 5.35. The number of carbonyl (C=O) groups is 3. The molecule has 2 atom stereocenters. The maximum Gasteiger partial charge on any atom is 0.255 e. The van der Waals surface area contributed by atoms with Crippen LogP contribution in [0.3, 0.4) is 0 Å². The molecule has 2 N–H and O–H groups in total. The van der Waals surface area contributed by atoms with Crippen LogP contribution in [-0.2, 0) is 16.1 Å². The lowest BCUT2D eigenvalue weighted by Gasteiger charge is -2.35. The van der Waals surface area contributed by atoms with E-state index in [9.17, 15) is 19.5 Å². The molecule has 32 heavy (non-hydrogen) atoms. The van der Waals surface area contributed by atoms with Gasteiger partial charge in [-0.25, -0.2) is 4.39 Å². The fourth-order valence-electron chi connectivity index (χ4n) is 4.85. The number of nitrogens with one attached hydrogen (secondary N) is 1. The van der Waals surface area contributed by atoms with E-state index >= 15 is 4.39 Å². The molecule has 3 amide bonds. The van der Waals surface area contributed by atoms with Gasteiger partial charge in [-0.05, 0) is 43.2 Å². The normalized spacial score (nSPS) is 23.8. The molecular formula is C23H23FN4O4. The zero-order valence-electron chi connectivity index (χ0n) is 17.5. The third-order valence-corrected chi connectivity index (χ3v) is 6.47. The molecular weight excluding hydrogens is 415 g/mol. The van der Waals surface area contributed by atoms with Gasteiger partial charge in [-0.15, -0.1) is 0 Å². The highest BCUT2D eigenvalue weighted by molar-refractivity contribution is 6.06. The molecule has 1 aromatic heterocycles. The van der Waals surface area contributed by atoms with E-state index in [0.29, 0.717) is 30.9 Å². The van der Waals surface area contributed by atoms with E-state index in [-0.39, 0.29) is 36.0 Å². The maximum atomic E-state index is 15.7. The average Bonchev–Trinajstić information content (AvgIpc) is 2.98. The molecule has 166 valence electrons. The van der Waals surface area contributed by atoms with Crippen molar-refractivity contribution >= 4 is 17.7 Å². The number of β-amino-alcohol motifs (C(OH)–C–C–N with tert-alkyl or cyclic N) is 1. The second kappa shape index (κ2) is 7.75. The molecule has 8 nitrogen and oxygen atoms in total. The van der Waals surface area contributed by atoms with Crippen molar-refractivity contribution < 1.29 is 23.9 Å².